The van der Waals surface area contributed by atoms with Gasteiger partial charge in [0.15, 0.2) is 6.10 Å². The first-order valence-corrected chi connectivity index (χ1v) is 8.21. The molecule has 1 atom stereocenters. The van der Waals surface area contributed by atoms with Crippen LogP contribution in [0.2, 0.25) is 10.0 Å². The van der Waals surface area contributed by atoms with Gasteiger partial charge in [-0.3, -0.25) is 4.79 Å². The average molecular weight is 416 g/mol. The number of amides is 1. The van der Waals surface area contributed by atoms with Crippen molar-refractivity contribution < 1.29 is 9.53 Å². The third-order valence-corrected chi connectivity index (χ3v) is 4.22. The summed E-state index contributed by atoms with van der Waals surface area (Å²) >= 11 is 15.3. The van der Waals surface area contributed by atoms with Gasteiger partial charge in [0.1, 0.15) is 5.75 Å². The Labute approximate surface area is 152 Å². The summed E-state index contributed by atoms with van der Waals surface area (Å²) in [5.74, 6) is 0.222. The summed E-state index contributed by atoms with van der Waals surface area (Å²) in [6.07, 6.45) is 0.738. The monoisotopic (exact) mass is 414 g/mol. The van der Waals surface area contributed by atoms with Crippen molar-refractivity contribution in [2.45, 2.75) is 13.0 Å². The lowest BCUT2D eigenvalue weighted by molar-refractivity contribution is -0.127. The van der Waals surface area contributed by atoms with Crippen LogP contribution in [0, 0.1) is 0 Å². The molecule has 0 aliphatic carbocycles. The Morgan fingerprint density at radius 2 is 1.96 bits per heavy atom. The number of hydrogen-bond donors (Lipinski definition) is 1. The van der Waals surface area contributed by atoms with Crippen LogP contribution < -0.4 is 10.2 Å². The van der Waals surface area contributed by atoms with E-state index in [2.05, 4.69) is 26.5 Å². The lowest BCUT2D eigenvalue weighted by Gasteiger charge is -2.12. The molecule has 1 unspecified atom stereocenters. The van der Waals surface area contributed by atoms with E-state index in [0.29, 0.717) is 21.4 Å². The average Bonchev–Trinajstić information content (AvgIpc) is 2.53. The zero-order valence-electron chi connectivity index (χ0n) is 12.1. The van der Waals surface area contributed by atoms with Crippen LogP contribution in [0.1, 0.15) is 12.5 Å². The van der Waals surface area contributed by atoms with E-state index in [9.17, 15) is 4.79 Å². The largest absolute Gasteiger partial charge is 0.481 e. The van der Waals surface area contributed by atoms with E-state index in [1.165, 1.54) is 6.21 Å². The highest BCUT2D eigenvalue weighted by molar-refractivity contribution is 9.10. The van der Waals surface area contributed by atoms with Gasteiger partial charge in [-0.2, -0.15) is 5.10 Å². The minimum absolute atomic E-state index is 0.373. The maximum Gasteiger partial charge on any atom is 0.280 e. The van der Waals surface area contributed by atoms with E-state index in [4.69, 9.17) is 27.9 Å². The molecule has 0 radical (unpaired) electrons. The van der Waals surface area contributed by atoms with Gasteiger partial charge in [-0.1, -0.05) is 51.3 Å². The molecule has 0 saturated carbocycles. The number of rotatable bonds is 5. The second-order valence-corrected chi connectivity index (χ2v) is 6.29. The van der Waals surface area contributed by atoms with Crippen LogP contribution in [-0.4, -0.2) is 18.2 Å². The van der Waals surface area contributed by atoms with Crippen LogP contribution in [0.4, 0.5) is 0 Å². The van der Waals surface area contributed by atoms with Crippen molar-refractivity contribution >= 4 is 51.3 Å². The van der Waals surface area contributed by atoms with Gasteiger partial charge in [-0.05, 0) is 37.3 Å². The molecular formula is C16H13BrCl2N2O2. The van der Waals surface area contributed by atoms with E-state index < -0.39 is 6.10 Å². The van der Waals surface area contributed by atoms with Crippen LogP contribution in [0.5, 0.6) is 5.75 Å². The molecule has 0 aliphatic rings. The summed E-state index contributed by atoms with van der Waals surface area (Å²) < 4.78 is 6.46. The second kappa shape index (κ2) is 8.34. The molecule has 0 bridgehead atoms. The van der Waals surface area contributed by atoms with E-state index in [1.807, 2.05) is 12.1 Å². The maximum atomic E-state index is 11.9. The van der Waals surface area contributed by atoms with Crippen molar-refractivity contribution in [1.82, 2.24) is 5.43 Å². The smallest absolute Gasteiger partial charge is 0.280 e. The number of halogens is 3. The Kier molecular flexibility index (Phi) is 6.45. The molecule has 0 spiro atoms. The molecule has 0 fully saturated rings. The van der Waals surface area contributed by atoms with E-state index in [-0.39, 0.29) is 5.91 Å². The van der Waals surface area contributed by atoms with Gasteiger partial charge in [0.25, 0.3) is 5.91 Å². The highest BCUT2D eigenvalue weighted by atomic mass is 79.9. The van der Waals surface area contributed by atoms with Gasteiger partial charge in [0.2, 0.25) is 0 Å². The van der Waals surface area contributed by atoms with Crippen molar-refractivity contribution in [2.75, 3.05) is 0 Å². The maximum absolute atomic E-state index is 11.9. The Bertz CT molecular complexity index is 721. The SMILES string of the molecule is CC(Oc1ccc(Br)cc1)C(=O)NN=Cc1cccc(Cl)c1Cl. The molecule has 2 aromatic carbocycles. The summed E-state index contributed by atoms with van der Waals surface area (Å²) in [4.78, 5) is 11.9. The number of benzene rings is 2. The van der Waals surface area contributed by atoms with Gasteiger partial charge in [0, 0.05) is 10.0 Å². The van der Waals surface area contributed by atoms with Gasteiger partial charge >= 0.3 is 0 Å². The van der Waals surface area contributed by atoms with Crippen molar-refractivity contribution in [3.8, 4) is 5.75 Å². The van der Waals surface area contributed by atoms with Crippen LogP contribution in [0.15, 0.2) is 52.0 Å². The van der Waals surface area contributed by atoms with Crippen LogP contribution in [0.25, 0.3) is 0 Å². The van der Waals surface area contributed by atoms with E-state index in [0.717, 1.165) is 4.47 Å². The molecule has 23 heavy (non-hydrogen) atoms. The van der Waals surface area contributed by atoms with Gasteiger partial charge in [-0.25, -0.2) is 5.43 Å². The number of carbonyl (C=O) groups excluding carboxylic acids is 1. The van der Waals surface area contributed by atoms with Crippen molar-refractivity contribution in [1.29, 1.82) is 0 Å². The lowest BCUT2D eigenvalue weighted by atomic mass is 10.2. The van der Waals surface area contributed by atoms with Crippen molar-refractivity contribution in [3.05, 3.63) is 62.5 Å². The molecule has 1 N–H and O–H groups in total. The Morgan fingerprint density at radius 1 is 1.26 bits per heavy atom. The third kappa shape index (κ3) is 5.23. The van der Waals surface area contributed by atoms with Gasteiger partial charge in [0.05, 0.1) is 16.3 Å². The molecule has 7 heteroatoms. The number of carbonyl (C=O) groups is 1. The van der Waals surface area contributed by atoms with E-state index in [1.54, 1.807) is 37.3 Å². The first-order chi connectivity index (χ1) is 11.0. The highest BCUT2D eigenvalue weighted by Gasteiger charge is 2.13. The molecular weight excluding hydrogens is 403 g/mol. The minimum atomic E-state index is -0.692. The summed E-state index contributed by atoms with van der Waals surface area (Å²) in [7, 11) is 0. The fourth-order valence-corrected chi connectivity index (χ4v) is 2.27. The number of nitrogens with one attached hydrogen (secondary N) is 1. The summed E-state index contributed by atoms with van der Waals surface area (Å²) in [6.45, 7) is 1.64. The molecule has 4 nitrogen and oxygen atoms in total. The molecule has 2 rings (SSSR count). The molecule has 2 aromatic rings. The molecule has 120 valence electrons. The van der Waals surface area contributed by atoms with Crippen molar-refractivity contribution in [2.24, 2.45) is 5.10 Å². The summed E-state index contributed by atoms with van der Waals surface area (Å²) in [6, 6.07) is 12.4. The minimum Gasteiger partial charge on any atom is -0.481 e. The number of ether oxygens (including phenoxy) is 1. The standard InChI is InChI=1S/C16H13BrCl2N2O2/c1-10(23-13-7-5-12(17)6-8-13)16(22)21-20-9-11-3-2-4-14(18)15(11)19/h2-10H,1H3,(H,21,22). The Hall–Kier alpha value is -1.56. The first-order valence-electron chi connectivity index (χ1n) is 6.66. The van der Waals surface area contributed by atoms with Crippen LogP contribution >= 0.6 is 39.1 Å². The molecule has 0 aromatic heterocycles. The quantitative estimate of drug-likeness (QED) is 0.569. The Balaban J connectivity index is 1.92. The zero-order chi connectivity index (χ0) is 16.8. The predicted molar refractivity (Wildman–Crippen MR) is 96.4 cm³/mol. The first kappa shape index (κ1) is 17.8. The lowest BCUT2D eigenvalue weighted by Crippen LogP contribution is -2.33. The molecule has 0 saturated heterocycles. The fourth-order valence-electron chi connectivity index (χ4n) is 1.65. The van der Waals surface area contributed by atoms with E-state index >= 15 is 0 Å². The van der Waals surface area contributed by atoms with Crippen LogP contribution in [0.3, 0.4) is 0 Å². The topological polar surface area (TPSA) is 50.7 Å². The van der Waals surface area contributed by atoms with Crippen molar-refractivity contribution in [3.63, 3.8) is 0 Å². The fraction of sp³-hybridized carbons (Fsp3) is 0.125. The normalized spacial score (nSPS) is 12.2. The molecule has 0 aliphatic heterocycles. The van der Waals surface area contributed by atoms with Crippen LogP contribution in [-0.2, 0) is 4.79 Å². The highest BCUT2D eigenvalue weighted by Crippen LogP contribution is 2.24. The predicted octanol–water partition coefficient (Wildman–Crippen LogP) is 4.67. The second-order valence-electron chi connectivity index (χ2n) is 4.59. The Morgan fingerprint density at radius 3 is 2.65 bits per heavy atom. The zero-order valence-corrected chi connectivity index (χ0v) is 15.2. The number of hydrazone groups is 1. The van der Waals surface area contributed by atoms with Gasteiger partial charge < -0.3 is 4.74 Å². The third-order valence-electron chi connectivity index (χ3n) is 2.86. The summed E-state index contributed by atoms with van der Waals surface area (Å²) in [5, 5.41) is 4.67. The number of nitrogens with zero attached hydrogens (tertiary/aromatic N) is 1. The molecule has 0 heterocycles. The van der Waals surface area contributed by atoms with Gasteiger partial charge in [-0.15, -0.1) is 0 Å². The molecule has 1 amide bonds. The summed E-state index contributed by atoms with van der Waals surface area (Å²) in [5.41, 5.74) is 3.02. The number of hydrogen-bond acceptors (Lipinski definition) is 3.